The normalized spacial score (nSPS) is 11.2. The van der Waals surface area contributed by atoms with E-state index in [1.54, 1.807) is 25.3 Å². The molecule has 0 amide bonds. The molecule has 9 heteroatoms. The highest BCUT2D eigenvalue weighted by Crippen LogP contribution is 2.27. The van der Waals surface area contributed by atoms with Gasteiger partial charge in [0.05, 0.1) is 25.0 Å². The lowest BCUT2D eigenvalue weighted by molar-refractivity contribution is 0.416. The lowest BCUT2D eigenvalue weighted by Gasteiger charge is -2.11. The van der Waals surface area contributed by atoms with Crippen LogP contribution in [0, 0.1) is 0 Å². The monoisotopic (exact) mass is 452 g/mol. The number of halogens is 1. The van der Waals surface area contributed by atoms with Crippen LogP contribution in [0.15, 0.2) is 53.3 Å². The van der Waals surface area contributed by atoms with Crippen LogP contribution in [0.5, 0.6) is 5.75 Å². The van der Waals surface area contributed by atoms with Gasteiger partial charge in [-0.3, -0.25) is 9.89 Å². The number of hydrogen-bond donors (Lipinski definition) is 3. The molecule has 0 atom stereocenters. The van der Waals surface area contributed by atoms with Crippen molar-refractivity contribution >= 4 is 29.0 Å². The maximum absolute atomic E-state index is 12.5. The van der Waals surface area contributed by atoms with Crippen LogP contribution in [0.25, 0.3) is 5.78 Å². The van der Waals surface area contributed by atoms with E-state index in [0.29, 0.717) is 47.2 Å². The van der Waals surface area contributed by atoms with Crippen molar-refractivity contribution in [1.29, 1.82) is 0 Å². The number of ether oxygens (including phenoxy) is 1. The van der Waals surface area contributed by atoms with Gasteiger partial charge in [0, 0.05) is 17.6 Å². The molecular formula is C23H25ClN6O2. The Morgan fingerprint density at radius 3 is 2.56 bits per heavy atom. The number of aromatic nitrogens is 4. The number of rotatable bonds is 8. The number of nitrogens with one attached hydrogen (secondary N) is 3. The van der Waals surface area contributed by atoms with Crippen LogP contribution >= 0.6 is 11.6 Å². The summed E-state index contributed by atoms with van der Waals surface area (Å²) in [6.45, 7) is 5.24. The summed E-state index contributed by atoms with van der Waals surface area (Å²) in [7, 11) is 1.59. The van der Waals surface area contributed by atoms with Crippen molar-refractivity contribution in [2.45, 2.75) is 32.9 Å². The second-order valence-corrected chi connectivity index (χ2v) is 8.18. The number of nitrogens with zero attached hydrogens (tertiary/aromatic N) is 3. The first-order valence-electron chi connectivity index (χ1n) is 10.3. The molecule has 2 heterocycles. The third kappa shape index (κ3) is 4.86. The van der Waals surface area contributed by atoms with Gasteiger partial charge < -0.3 is 15.4 Å². The Bertz CT molecular complexity index is 1280. The molecule has 166 valence electrons. The topological polar surface area (TPSA) is 96.3 Å². The molecule has 0 unspecified atom stereocenters. The summed E-state index contributed by atoms with van der Waals surface area (Å²) < 4.78 is 6.65. The average molecular weight is 453 g/mol. The van der Waals surface area contributed by atoms with E-state index in [9.17, 15) is 4.79 Å². The van der Waals surface area contributed by atoms with Gasteiger partial charge in [0.15, 0.2) is 0 Å². The molecule has 8 nitrogen and oxygen atoms in total. The molecule has 3 N–H and O–H groups in total. The van der Waals surface area contributed by atoms with Crippen molar-refractivity contribution < 1.29 is 4.74 Å². The molecule has 0 spiro atoms. The fourth-order valence-corrected chi connectivity index (χ4v) is 3.48. The van der Waals surface area contributed by atoms with Crippen LogP contribution in [0.2, 0.25) is 5.02 Å². The Morgan fingerprint density at radius 2 is 1.84 bits per heavy atom. The zero-order valence-corrected chi connectivity index (χ0v) is 18.9. The summed E-state index contributed by atoms with van der Waals surface area (Å²) >= 11 is 6.07. The molecule has 0 aliphatic carbocycles. The summed E-state index contributed by atoms with van der Waals surface area (Å²) in [5.74, 6) is 1.92. The molecule has 0 bridgehead atoms. The fraction of sp³-hybridized carbons (Fsp3) is 0.261. The largest absolute Gasteiger partial charge is 0.495 e. The number of anilines is 2. The summed E-state index contributed by atoms with van der Waals surface area (Å²) in [4.78, 5) is 21.4. The van der Waals surface area contributed by atoms with Crippen molar-refractivity contribution in [2.24, 2.45) is 0 Å². The number of hydrogen-bond acceptors (Lipinski definition) is 6. The number of methoxy groups -OCH3 is 1. The van der Waals surface area contributed by atoms with Crippen LogP contribution in [0.4, 0.5) is 11.6 Å². The van der Waals surface area contributed by atoms with Gasteiger partial charge in [0.1, 0.15) is 5.75 Å². The van der Waals surface area contributed by atoms with Gasteiger partial charge in [0.25, 0.3) is 11.3 Å². The third-order valence-corrected chi connectivity index (χ3v) is 5.35. The summed E-state index contributed by atoms with van der Waals surface area (Å²) in [6.07, 6.45) is 0. The minimum Gasteiger partial charge on any atom is -0.495 e. The molecule has 0 fully saturated rings. The van der Waals surface area contributed by atoms with Crippen LogP contribution in [-0.4, -0.2) is 26.7 Å². The maximum Gasteiger partial charge on any atom is 0.274 e. The molecule has 4 aromatic rings. The minimum absolute atomic E-state index is 0.244. The lowest BCUT2D eigenvalue weighted by Crippen LogP contribution is -2.17. The molecule has 0 aliphatic heterocycles. The van der Waals surface area contributed by atoms with E-state index in [4.69, 9.17) is 16.3 Å². The van der Waals surface area contributed by atoms with Crippen molar-refractivity contribution in [1.82, 2.24) is 19.6 Å². The zero-order valence-electron chi connectivity index (χ0n) is 18.1. The standard InChI is InChI=1S/C23H25ClN6O2/c1-14(2)16-6-4-15(5-7-16)12-26-22-28-23-27-18(11-21(31)30(23)29-22)13-25-19-10-17(24)8-9-20(19)32-3/h4-11,14,25H,12-13H2,1-3H3,(H2,26,27,28,29). The maximum atomic E-state index is 12.5. The van der Waals surface area contributed by atoms with Gasteiger partial charge in [-0.2, -0.15) is 9.50 Å². The number of H-pyrrole nitrogens is 1. The first kappa shape index (κ1) is 21.7. The van der Waals surface area contributed by atoms with Gasteiger partial charge >= 0.3 is 0 Å². The van der Waals surface area contributed by atoms with Crippen molar-refractivity contribution in [3.63, 3.8) is 0 Å². The van der Waals surface area contributed by atoms with Gasteiger partial charge in [-0.1, -0.05) is 49.7 Å². The quantitative estimate of drug-likeness (QED) is 0.366. The number of aromatic amines is 1. The Kier molecular flexibility index (Phi) is 6.32. The fourth-order valence-electron chi connectivity index (χ4n) is 3.31. The minimum atomic E-state index is -0.244. The third-order valence-electron chi connectivity index (χ3n) is 5.11. The van der Waals surface area contributed by atoms with E-state index in [2.05, 4.69) is 63.8 Å². The van der Waals surface area contributed by atoms with E-state index in [1.165, 1.54) is 16.1 Å². The van der Waals surface area contributed by atoms with E-state index in [0.717, 1.165) is 11.3 Å². The second-order valence-electron chi connectivity index (χ2n) is 7.74. The smallest absolute Gasteiger partial charge is 0.274 e. The Morgan fingerprint density at radius 1 is 1.06 bits per heavy atom. The van der Waals surface area contributed by atoms with Crippen LogP contribution in [0.1, 0.15) is 36.6 Å². The molecule has 4 rings (SSSR count). The molecule has 0 aliphatic rings. The second kappa shape index (κ2) is 9.32. The first-order valence-corrected chi connectivity index (χ1v) is 10.7. The summed E-state index contributed by atoms with van der Waals surface area (Å²) in [5.41, 5.74) is 3.45. The predicted octanol–water partition coefficient (Wildman–Crippen LogP) is 4.43. The van der Waals surface area contributed by atoms with Crippen molar-refractivity contribution in [3.8, 4) is 5.75 Å². The molecule has 0 radical (unpaired) electrons. The van der Waals surface area contributed by atoms with Crippen LogP contribution in [-0.2, 0) is 13.1 Å². The van der Waals surface area contributed by atoms with Gasteiger partial charge in [0.2, 0.25) is 5.95 Å². The van der Waals surface area contributed by atoms with E-state index >= 15 is 0 Å². The van der Waals surface area contributed by atoms with Crippen LogP contribution in [0.3, 0.4) is 0 Å². The highest BCUT2D eigenvalue weighted by molar-refractivity contribution is 6.30. The molecule has 32 heavy (non-hydrogen) atoms. The van der Waals surface area contributed by atoms with Gasteiger partial charge in [-0.15, -0.1) is 0 Å². The highest BCUT2D eigenvalue weighted by Gasteiger charge is 2.10. The predicted molar refractivity (Wildman–Crippen MR) is 127 cm³/mol. The number of fused-ring (bicyclic) bond motifs is 1. The Hall–Kier alpha value is -3.52. The SMILES string of the molecule is COc1ccc(Cl)cc1NCc1cc(=O)n2[nH]c(NCc3ccc(C(C)C)cc3)nc2n1. The average Bonchev–Trinajstić information content (AvgIpc) is 3.20. The van der Waals surface area contributed by atoms with Crippen molar-refractivity contribution in [3.05, 3.63) is 80.7 Å². The Balaban J connectivity index is 1.47. The van der Waals surface area contributed by atoms with E-state index in [-0.39, 0.29) is 5.56 Å². The molecule has 0 saturated carbocycles. The first-order chi connectivity index (χ1) is 15.4. The van der Waals surface area contributed by atoms with Gasteiger partial charge in [-0.25, -0.2) is 4.98 Å². The lowest BCUT2D eigenvalue weighted by atomic mass is 10.0. The van der Waals surface area contributed by atoms with Crippen molar-refractivity contribution in [2.75, 3.05) is 17.7 Å². The van der Waals surface area contributed by atoms with E-state index in [1.807, 2.05) is 0 Å². The van der Waals surface area contributed by atoms with Gasteiger partial charge in [-0.05, 0) is 35.2 Å². The summed E-state index contributed by atoms with van der Waals surface area (Å²) in [6, 6.07) is 15.2. The Labute approximate surface area is 190 Å². The van der Waals surface area contributed by atoms with Crippen LogP contribution < -0.4 is 20.9 Å². The molecule has 2 aromatic heterocycles. The van der Waals surface area contributed by atoms with E-state index < -0.39 is 0 Å². The zero-order chi connectivity index (χ0) is 22.7. The number of benzene rings is 2. The molecule has 2 aromatic carbocycles. The molecular weight excluding hydrogens is 428 g/mol. The highest BCUT2D eigenvalue weighted by atomic mass is 35.5. The summed E-state index contributed by atoms with van der Waals surface area (Å²) in [5, 5.41) is 9.95. The molecule has 0 saturated heterocycles.